The molecule has 314 valence electrons. The van der Waals surface area contributed by atoms with Gasteiger partial charge in [-0.05, 0) is 177 Å². The quantitative estimate of drug-likeness (QED) is 0.168. The summed E-state index contributed by atoms with van der Waals surface area (Å²) < 4.78 is 0. The number of hydrogen-bond donors (Lipinski definition) is 0. The lowest BCUT2D eigenvalue weighted by Crippen LogP contribution is -2.40. The van der Waals surface area contributed by atoms with Crippen molar-refractivity contribution in [1.82, 2.24) is 0 Å². The van der Waals surface area contributed by atoms with E-state index in [4.69, 9.17) is 0 Å². The van der Waals surface area contributed by atoms with Crippen LogP contribution in [0.25, 0.3) is 33.4 Å². The van der Waals surface area contributed by atoms with Gasteiger partial charge in [-0.2, -0.15) is 0 Å². The third-order valence-electron chi connectivity index (χ3n) is 18.2. The number of hydrogen-bond acceptors (Lipinski definition) is 1. The molecular formula is C61H65N. The molecule has 0 N–H and O–H groups in total. The zero-order valence-electron chi connectivity index (χ0n) is 38.5. The second kappa shape index (κ2) is 13.1. The molecule has 0 amide bonds. The minimum atomic E-state index is 0.0881. The van der Waals surface area contributed by atoms with Gasteiger partial charge in [0, 0.05) is 27.9 Å². The first kappa shape index (κ1) is 38.8. The summed E-state index contributed by atoms with van der Waals surface area (Å²) in [7, 11) is 0. The smallest absolute Gasteiger partial charge is 0.0621 e. The van der Waals surface area contributed by atoms with E-state index in [0.717, 1.165) is 23.7 Å². The maximum atomic E-state index is 2.70. The van der Waals surface area contributed by atoms with Gasteiger partial charge < -0.3 is 4.90 Å². The second-order valence-corrected chi connectivity index (χ2v) is 23.4. The van der Waals surface area contributed by atoms with Crippen LogP contribution < -0.4 is 4.90 Å². The van der Waals surface area contributed by atoms with Crippen LogP contribution in [0.15, 0.2) is 127 Å². The average molecular weight is 812 g/mol. The van der Waals surface area contributed by atoms with E-state index in [1.54, 1.807) is 11.1 Å². The maximum Gasteiger partial charge on any atom is 0.0621 e. The monoisotopic (exact) mass is 812 g/mol. The van der Waals surface area contributed by atoms with Crippen LogP contribution in [0.4, 0.5) is 17.1 Å². The highest BCUT2D eigenvalue weighted by Crippen LogP contribution is 2.74. The van der Waals surface area contributed by atoms with Gasteiger partial charge in [0.2, 0.25) is 0 Å². The zero-order chi connectivity index (χ0) is 42.6. The molecule has 0 saturated heterocycles. The van der Waals surface area contributed by atoms with Crippen LogP contribution in [0.2, 0.25) is 0 Å². The summed E-state index contributed by atoms with van der Waals surface area (Å²) in [6.45, 7) is 19.6. The van der Waals surface area contributed by atoms with Gasteiger partial charge in [0.05, 0.1) is 5.69 Å². The molecule has 4 saturated carbocycles. The minimum Gasteiger partial charge on any atom is -0.309 e. The van der Waals surface area contributed by atoms with E-state index in [2.05, 4.69) is 188 Å². The molecule has 1 spiro atoms. The molecule has 62 heavy (non-hydrogen) atoms. The zero-order valence-corrected chi connectivity index (χ0v) is 38.5. The van der Waals surface area contributed by atoms with Gasteiger partial charge in [-0.3, -0.25) is 0 Å². The van der Waals surface area contributed by atoms with E-state index in [1.807, 2.05) is 0 Å². The van der Waals surface area contributed by atoms with Crippen LogP contribution in [0.1, 0.15) is 140 Å². The summed E-state index contributed by atoms with van der Waals surface area (Å²) in [5, 5.41) is 0. The van der Waals surface area contributed by atoms with Crippen molar-refractivity contribution in [2.75, 3.05) is 4.90 Å². The first-order valence-electron chi connectivity index (χ1n) is 24.2. The van der Waals surface area contributed by atoms with E-state index < -0.39 is 0 Å². The summed E-state index contributed by atoms with van der Waals surface area (Å²) >= 11 is 0. The van der Waals surface area contributed by atoms with Crippen molar-refractivity contribution >= 4 is 17.1 Å². The molecule has 0 aliphatic heterocycles. The standard InChI is InChI=1S/C61H65N/c1-57(2)28-30-59(5,6)53-36-41(20-25-49(53)57)39-18-21-44(22-19-39)62(45-23-26-50-54(37-45)60(7,8)31-29-58(50,3)4)56-46(40-14-10-9-11-15-40)24-27-51-55(56)47-16-12-13-17-48(47)61(51)43-33-38-32-42(35-43)52(61)34-38/h9-27,36-38,42-43,52H,28-35H2,1-8H3. The fourth-order valence-corrected chi connectivity index (χ4v) is 14.8. The third kappa shape index (κ3) is 5.39. The Morgan fingerprint density at radius 2 is 1.00 bits per heavy atom. The molecule has 5 atom stereocenters. The molecule has 0 aromatic heterocycles. The molecule has 6 aromatic rings. The summed E-state index contributed by atoms with van der Waals surface area (Å²) in [5.41, 5.74) is 21.9. The maximum absolute atomic E-state index is 2.70. The molecule has 1 nitrogen and oxygen atoms in total. The first-order valence-corrected chi connectivity index (χ1v) is 24.2. The van der Waals surface area contributed by atoms with E-state index in [9.17, 15) is 0 Å². The summed E-state index contributed by atoms with van der Waals surface area (Å²) in [4.78, 5) is 2.70. The number of nitrogens with zero attached hydrogens (tertiary/aromatic N) is 1. The van der Waals surface area contributed by atoms with Gasteiger partial charge >= 0.3 is 0 Å². The van der Waals surface area contributed by atoms with Crippen molar-refractivity contribution in [2.24, 2.45) is 23.7 Å². The minimum absolute atomic E-state index is 0.0881. The Labute approximate surface area is 372 Å². The molecule has 0 radical (unpaired) electrons. The van der Waals surface area contributed by atoms with Crippen molar-refractivity contribution in [3.8, 4) is 33.4 Å². The molecule has 4 bridgehead atoms. The highest BCUT2D eigenvalue weighted by Gasteiger charge is 2.66. The predicted molar refractivity (Wildman–Crippen MR) is 261 cm³/mol. The van der Waals surface area contributed by atoms with Crippen molar-refractivity contribution in [3.63, 3.8) is 0 Å². The van der Waals surface area contributed by atoms with E-state index >= 15 is 0 Å². The summed E-state index contributed by atoms with van der Waals surface area (Å²) in [6.07, 6.45) is 10.5. The summed E-state index contributed by atoms with van der Waals surface area (Å²) in [5.74, 6) is 3.22. The van der Waals surface area contributed by atoms with Gasteiger partial charge in [-0.1, -0.05) is 159 Å². The Kier molecular flexibility index (Phi) is 8.19. The number of fused-ring (bicyclic) bond motifs is 5. The van der Waals surface area contributed by atoms with Crippen LogP contribution in [0.5, 0.6) is 0 Å². The second-order valence-electron chi connectivity index (χ2n) is 23.4. The topological polar surface area (TPSA) is 3.24 Å². The highest BCUT2D eigenvalue weighted by molar-refractivity contribution is 6.02. The molecule has 7 aliphatic rings. The normalized spacial score (nSPS) is 27.1. The highest BCUT2D eigenvalue weighted by atomic mass is 15.1. The van der Waals surface area contributed by atoms with Gasteiger partial charge in [0.15, 0.2) is 0 Å². The third-order valence-corrected chi connectivity index (χ3v) is 18.2. The molecule has 5 unspecified atom stereocenters. The molecule has 1 heteroatoms. The lowest BCUT2D eigenvalue weighted by Gasteiger charge is -2.44. The van der Waals surface area contributed by atoms with Gasteiger partial charge in [0.25, 0.3) is 0 Å². The molecule has 7 aliphatic carbocycles. The average Bonchev–Trinajstić information content (AvgIpc) is 3.82. The Bertz CT molecular complexity index is 2780. The molecule has 4 fully saturated rings. The molecule has 13 rings (SSSR count). The Morgan fingerprint density at radius 1 is 0.419 bits per heavy atom. The predicted octanol–water partition coefficient (Wildman–Crippen LogP) is 16.5. The van der Waals surface area contributed by atoms with Gasteiger partial charge in [-0.15, -0.1) is 0 Å². The van der Waals surface area contributed by atoms with Crippen LogP contribution in [0, 0.1) is 23.7 Å². The van der Waals surface area contributed by atoms with Crippen LogP contribution >= 0.6 is 0 Å². The van der Waals surface area contributed by atoms with Gasteiger partial charge in [0.1, 0.15) is 0 Å². The lowest BCUT2D eigenvalue weighted by molar-refractivity contribution is 0.191. The Morgan fingerprint density at radius 3 is 1.69 bits per heavy atom. The van der Waals surface area contributed by atoms with Crippen LogP contribution in [-0.4, -0.2) is 0 Å². The van der Waals surface area contributed by atoms with Crippen molar-refractivity contribution in [3.05, 3.63) is 161 Å². The summed E-state index contributed by atoms with van der Waals surface area (Å²) in [6, 6.07) is 50.7. The van der Waals surface area contributed by atoms with E-state index in [0.29, 0.717) is 0 Å². The van der Waals surface area contributed by atoms with E-state index in [-0.39, 0.29) is 27.1 Å². The Balaban J connectivity index is 1.11. The molecular weight excluding hydrogens is 747 g/mol. The molecule has 0 heterocycles. The number of benzene rings is 6. The van der Waals surface area contributed by atoms with Crippen LogP contribution in [-0.2, 0) is 27.1 Å². The fourth-order valence-electron chi connectivity index (χ4n) is 14.8. The lowest BCUT2D eigenvalue weighted by atomic mass is 9.59. The Hall–Kier alpha value is -4.88. The number of rotatable bonds is 5. The van der Waals surface area contributed by atoms with Crippen molar-refractivity contribution < 1.29 is 0 Å². The van der Waals surface area contributed by atoms with Gasteiger partial charge in [-0.25, -0.2) is 0 Å². The fraction of sp³-hybridized carbons (Fsp3) is 0.410. The SMILES string of the molecule is CC1(C)CCC(C)(C)c2cc(-c3ccc(N(c4ccc5c(c4)C(C)(C)CCC5(C)C)c4c(-c5ccccc5)ccc5c4-c4ccccc4C54C5CC6CC(C5)C4C6)cc3)ccc21. The van der Waals surface area contributed by atoms with E-state index in [1.165, 1.54) is 124 Å². The van der Waals surface area contributed by atoms with Crippen LogP contribution in [0.3, 0.4) is 0 Å². The largest absolute Gasteiger partial charge is 0.309 e. The van der Waals surface area contributed by atoms with Crippen molar-refractivity contribution in [2.45, 2.75) is 134 Å². The van der Waals surface area contributed by atoms with Crippen molar-refractivity contribution in [1.29, 1.82) is 0 Å². The number of anilines is 3. The molecule has 6 aromatic carbocycles. The first-order chi connectivity index (χ1) is 29.7.